The summed E-state index contributed by atoms with van der Waals surface area (Å²) in [7, 11) is 2.19. The minimum Gasteiger partial charge on any atom is -0.325 e. The normalized spacial score (nSPS) is 28.5. The lowest BCUT2D eigenvalue weighted by atomic mass is 9.96. The summed E-state index contributed by atoms with van der Waals surface area (Å²) >= 11 is 0. The molecule has 2 N–H and O–H groups in total. The summed E-state index contributed by atoms with van der Waals surface area (Å²) in [6.45, 7) is 6.14. The van der Waals surface area contributed by atoms with Gasteiger partial charge in [-0.05, 0) is 25.9 Å². The first kappa shape index (κ1) is 8.48. The Hall–Kier alpha value is -0.120. The maximum atomic E-state index is 5.69. The first-order valence-corrected chi connectivity index (χ1v) is 4.90. The molecule has 0 aromatic carbocycles. The molecule has 12 heavy (non-hydrogen) atoms. The van der Waals surface area contributed by atoms with Crippen molar-refractivity contribution < 1.29 is 0 Å². The van der Waals surface area contributed by atoms with Crippen molar-refractivity contribution in [2.45, 2.75) is 12.5 Å². The molecule has 2 aliphatic rings. The van der Waals surface area contributed by atoms with Gasteiger partial charge < -0.3 is 15.5 Å². The lowest BCUT2D eigenvalue weighted by molar-refractivity contribution is 0.0888. The molecular formula is C9H19N3. The maximum Gasteiger partial charge on any atom is 0.0297 e. The zero-order chi connectivity index (χ0) is 8.55. The Labute approximate surface area is 74.5 Å². The lowest BCUT2D eigenvalue weighted by Crippen LogP contribution is -2.56. The molecule has 0 radical (unpaired) electrons. The van der Waals surface area contributed by atoms with Crippen LogP contribution in [0.2, 0.25) is 0 Å². The van der Waals surface area contributed by atoms with Gasteiger partial charge in [-0.1, -0.05) is 0 Å². The monoisotopic (exact) mass is 169 g/mol. The fourth-order valence-electron chi connectivity index (χ4n) is 2.17. The van der Waals surface area contributed by atoms with Gasteiger partial charge in [-0.25, -0.2) is 0 Å². The van der Waals surface area contributed by atoms with E-state index in [2.05, 4.69) is 16.8 Å². The highest BCUT2D eigenvalue weighted by atomic mass is 15.2. The van der Waals surface area contributed by atoms with Crippen molar-refractivity contribution in [1.29, 1.82) is 0 Å². The second-order valence-corrected chi connectivity index (χ2v) is 4.40. The Morgan fingerprint density at radius 3 is 2.42 bits per heavy atom. The highest BCUT2D eigenvalue weighted by molar-refractivity contribution is 4.84. The second-order valence-electron chi connectivity index (χ2n) is 4.40. The van der Waals surface area contributed by atoms with Crippen LogP contribution in [0.25, 0.3) is 0 Å². The zero-order valence-electron chi connectivity index (χ0n) is 7.87. The molecule has 3 nitrogen and oxygen atoms in total. The van der Waals surface area contributed by atoms with Gasteiger partial charge in [0.2, 0.25) is 0 Å². The molecule has 0 aromatic rings. The Morgan fingerprint density at radius 2 is 1.92 bits per heavy atom. The van der Waals surface area contributed by atoms with E-state index in [-0.39, 0.29) is 0 Å². The summed E-state index contributed by atoms with van der Waals surface area (Å²) in [6, 6.07) is 0.467. The summed E-state index contributed by atoms with van der Waals surface area (Å²) in [5, 5.41) is 0. The van der Waals surface area contributed by atoms with Crippen LogP contribution in [0.4, 0.5) is 0 Å². The van der Waals surface area contributed by atoms with Crippen LogP contribution in [0.15, 0.2) is 0 Å². The van der Waals surface area contributed by atoms with Crippen molar-refractivity contribution in [2.24, 2.45) is 11.7 Å². The molecule has 2 fully saturated rings. The highest BCUT2D eigenvalue weighted by Crippen LogP contribution is 2.18. The molecular weight excluding hydrogens is 150 g/mol. The van der Waals surface area contributed by atoms with Crippen LogP contribution in [-0.2, 0) is 0 Å². The summed E-state index contributed by atoms with van der Waals surface area (Å²) in [4.78, 5) is 4.84. The predicted molar refractivity (Wildman–Crippen MR) is 50.0 cm³/mol. The van der Waals surface area contributed by atoms with E-state index >= 15 is 0 Å². The van der Waals surface area contributed by atoms with Crippen LogP contribution in [0.1, 0.15) is 6.42 Å². The molecule has 0 unspecified atom stereocenters. The van der Waals surface area contributed by atoms with Crippen molar-refractivity contribution in [2.75, 3.05) is 39.8 Å². The second kappa shape index (κ2) is 3.32. The van der Waals surface area contributed by atoms with Gasteiger partial charge in [0.15, 0.2) is 0 Å². The maximum absolute atomic E-state index is 5.69. The fourth-order valence-corrected chi connectivity index (χ4v) is 2.17. The van der Waals surface area contributed by atoms with E-state index in [0.29, 0.717) is 6.04 Å². The van der Waals surface area contributed by atoms with Gasteiger partial charge in [-0.3, -0.25) is 0 Å². The third-order valence-electron chi connectivity index (χ3n) is 2.98. The van der Waals surface area contributed by atoms with Crippen molar-refractivity contribution >= 4 is 0 Å². The predicted octanol–water partition coefficient (Wildman–Crippen LogP) is -0.419. The Bertz CT molecular complexity index is 130. The van der Waals surface area contributed by atoms with Gasteiger partial charge >= 0.3 is 0 Å². The molecule has 2 rings (SSSR count). The number of nitrogens with zero attached hydrogens (tertiary/aromatic N) is 2. The lowest BCUT2D eigenvalue weighted by Gasteiger charge is -2.41. The Balaban J connectivity index is 1.52. The number of nitrogens with two attached hydrogens (primary N) is 1. The molecule has 0 bridgehead atoms. The van der Waals surface area contributed by atoms with Gasteiger partial charge in [0.25, 0.3) is 0 Å². The summed E-state index contributed by atoms with van der Waals surface area (Å²) < 4.78 is 0. The third-order valence-corrected chi connectivity index (χ3v) is 2.98. The van der Waals surface area contributed by atoms with Gasteiger partial charge in [0.1, 0.15) is 0 Å². The molecule has 0 aliphatic carbocycles. The Morgan fingerprint density at radius 1 is 1.25 bits per heavy atom. The van der Waals surface area contributed by atoms with Crippen LogP contribution >= 0.6 is 0 Å². The largest absolute Gasteiger partial charge is 0.325 e. The van der Waals surface area contributed by atoms with Crippen molar-refractivity contribution in [3.8, 4) is 0 Å². The van der Waals surface area contributed by atoms with E-state index in [9.17, 15) is 0 Å². The molecule has 0 spiro atoms. The standard InChI is InChI=1S/C9H19N3/c1-11-4-8(5-11)2-3-12-6-9(10)7-12/h8-9H,2-7,10H2,1H3. The summed E-state index contributed by atoms with van der Waals surface area (Å²) in [5.41, 5.74) is 5.69. The van der Waals surface area contributed by atoms with Gasteiger partial charge in [0.05, 0.1) is 0 Å². The molecule has 0 amide bonds. The smallest absolute Gasteiger partial charge is 0.0297 e. The van der Waals surface area contributed by atoms with E-state index < -0.39 is 0 Å². The quantitative estimate of drug-likeness (QED) is 0.623. The van der Waals surface area contributed by atoms with Crippen molar-refractivity contribution in [3.63, 3.8) is 0 Å². The summed E-state index contributed by atoms with van der Waals surface area (Å²) in [5.74, 6) is 0.965. The molecule has 70 valence electrons. The van der Waals surface area contributed by atoms with Crippen LogP contribution in [-0.4, -0.2) is 55.6 Å². The van der Waals surface area contributed by atoms with E-state index in [0.717, 1.165) is 19.0 Å². The highest BCUT2D eigenvalue weighted by Gasteiger charge is 2.26. The molecule has 2 heterocycles. The van der Waals surface area contributed by atoms with E-state index in [4.69, 9.17) is 5.73 Å². The van der Waals surface area contributed by atoms with Gasteiger partial charge in [-0.2, -0.15) is 0 Å². The van der Waals surface area contributed by atoms with Crippen molar-refractivity contribution in [3.05, 3.63) is 0 Å². The average molecular weight is 169 g/mol. The molecule has 3 heteroatoms. The topological polar surface area (TPSA) is 32.5 Å². The summed E-state index contributed by atoms with van der Waals surface area (Å²) in [6.07, 6.45) is 1.37. The van der Waals surface area contributed by atoms with E-state index in [1.54, 1.807) is 0 Å². The Kier molecular flexibility index (Phi) is 2.35. The third kappa shape index (κ3) is 1.79. The minimum atomic E-state index is 0.467. The fraction of sp³-hybridized carbons (Fsp3) is 1.00. The number of hydrogen-bond donors (Lipinski definition) is 1. The van der Waals surface area contributed by atoms with Crippen LogP contribution < -0.4 is 5.73 Å². The molecule has 0 aromatic heterocycles. The molecule has 2 aliphatic heterocycles. The van der Waals surface area contributed by atoms with Crippen LogP contribution in [0.3, 0.4) is 0 Å². The minimum absolute atomic E-state index is 0.467. The van der Waals surface area contributed by atoms with Crippen molar-refractivity contribution in [1.82, 2.24) is 9.80 Å². The number of hydrogen-bond acceptors (Lipinski definition) is 3. The van der Waals surface area contributed by atoms with Gasteiger partial charge in [0, 0.05) is 32.2 Å². The van der Waals surface area contributed by atoms with Gasteiger partial charge in [-0.15, -0.1) is 0 Å². The first-order chi connectivity index (χ1) is 5.74. The van der Waals surface area contributed by atoms with E-state index in [1.807, 2.05) is 0 Å². The molecule has 0 saturated carbocycles. The first-order valence-electron chi connectivity index (χ1n) is 4.90. The number of likely N-dealkylation sites (tertiary alicyclic amines) is 2. The van der Waals surface area contributed by atoms with Crippen LogP contribution in [0, 0.1) is 5.92 Å². The molecule has 0 atom stereocenters. The van der Waals surface area contributed by atoms with Crippen LogP contribution in [0.5, 0.6) is 0 Å². The van der Waals surface area contributed by atoms with E-state index in [1.165, 1.54) is 26.1 Å². The SMILES string of the molecule is CN1CC(CCN2CC(N)C2)C1. The molecule has 2 saturated heterocycles. The average Bonchev–Trinajstić information content (AvgIpc) is 1.91. The zero-order valence-corrected chi connectivity index (χ0v) is 7.87. The number of rotatable bonds is 3.